The van der Waals surface area contributed by atoms with Gasteiger partial charge in [-0.15, -0.1) is 0 Å². The predicted molar refractivity (Wildman–Crippen MR) is 60.3 cm³/mol. The van der Waals surface area contributed by atoms with Crippen molar-refractivity contribution >= 4 is 25.3 Å². The van der Waals surface area contributed by atoms with Crippen molar-refractivity contribution < 1.29 is 24.8 Å². The van der Waals surface area contributed by atoms with Crippen LogP contribution in [0.2, 0.25) is 0 Å². The molecule has 1 heterocycles. The second kappa shape index (κ2) is 6.29. The second-order valence-corrected chi connectivity index (χ2v) is 4.10. The van der Waals surface area contributed by atoms with Crippen LogP contribution in [0.3, 0.4) is 0 Å². The Balaban J connectivity index is 2.57. The summed E-state index contributed by atoms with van der Waals surface area (Å²) in [5.74, 6) is 0.725. The maximum atomic E-state index is 9.54. The molecule has 5 atom stereocenters. The molecule has 15 heavy (non-hydrogen) atoms. The molecule has 0 aliphatic carbocycles. The molecule has 7 heteroatoms. The van der Waals surface area contributed by atoms with Crippen LogP contribution in [0.25, 0.3) is 0 Å². The highest BCUT2D eigenvalue weighted by molar-refractivity contribution is 7.80. The van der Waals surface area contributed by atoms with Gasteiger partial charge in [0.15, 0.2) is 6.29 Å². The molecular weight excluding hydrogens is 240 g/mol. The Morgan fingerprint density at radius 1 is 1.07 bits per heavy atom. The summed E-state index contributed by atoms with van der Waals surface area (Å²) in [6, 6.07) is 0. The first-order valence-electron chi connectivity index (χ1n) is 4.64. The lowest BCUT2D eigenvalue weighted by Crippen LogP contribution is -2.58. The lowest BCUT2D eigenvalue weighted by Gasteiger charge is -2.39. The number of aliphatic hydroxyl groups is 3. The molecule has 1 fully saturated rings. The van der Waals surface area contributed by atoms with E-state index in [0.717, 1.165) is 0 Å². The molecule has 0 bridgehead atoms. The van der Waals surface area contributed by atoms with Gasteiger partial charge in [0.2, 0.25) is 0 Å². The number of hydrogen-bond acceptors (Lipinski definition) is 7. The van der Waals surface area contributed by atoms with Crippen molar-refractivity contribution in [2.24, 2.45) is 0 Å². The van der Waals surface area contributed by atoms with Gasteiger partial charge < -0.3 is 24.8 Å². The summed E-state index contributed by atoms with van der Waals surface area (Å²) >= 11 is 7.92. The van der Waals surface area contributed by atoms with Gasteiger partial charge in [-0.3, -0.25) is 0 Å². The Kier molecular flexibility index (Phi) is 5.69. The van der Waals surface area contributed by atoms with Crippen molar-refractivity contribution in [3.05, 3.63) is 0 Å². The molecule has 1 aliphatic heterocycles. The maximum absolute atomic E-state index is 9.54. The number of thiol groups is 2. The van der Waals surface area contributed by atoms with Crippen molar-refractivity contribution in [1.29, 1.82) is 0 Å². The summed E-state index contributed by atoms with van der Waals surface area (Å²) in [7, 11) is 0. The highest BCUT2D eigenvalue weighted by atomic mass is 32.1. The van der Waals surface area contributed by atoms with Gasteiger partial charge in [0.25, 0.3) is 0 Å². The fraction of sp³-hybridized carbons (Fsp3) is 1.00. The van der Waals surface area contributed by atoms with Crippen LogP contribution in [0, 0.1) is 0 Å². The Hall–Kier alpha value is 0.500. The van der Waals surface area contributed by atoms with Crippen molar-refractivity contribution in [2.45, 2.75) is 30.7 Å². The molecule has 90 valence electrons. The number of hydrogen-bond donors (Lipinski definition) is 5. The van der Waals surface area contributed by atoms with Gasteiger partial charge in [-0.2, -0.15) is 25.3 Å². The zero-order valence-corrected chi connectivity index (χ0v) is 9.85. The molecule has 1 rings (SSSR count). The van der Waals surface area contributed by atoms with E-state index in [0.29, 0.717) is 12.4 Å². The van der Waals surface area contributed by atoms with E-state index in [4.69, 9.17) is 9.47 Å². The van der Waals surface area contributed by atoms with Crippen molar-refractivity contribution in [2.75, 3.05) is 18.1 Å². The molecule has 3 N–H and O–H groups in total. The lowest BCUT2D eigenvalue weighted by atomic mass is 10.00. The summed E-state index contributed by atoms with van der Waals surface area (Å²) < 4.78 is 10.4. The third-order valence-electron chi connectivity index (χ3n) is 2.22. The molecule has 0 aromatic carbocycles. The fourth-order valence-corrected chi connectivity index (χ4v) is 1.78. The Labute approximate surface area is 99.2 Å². The summed E-state index contributed by atoms with van der Waals surface area (Å²) in [5.41, 5.74) is 0. The second-order valence-electron chi connectivity index (χ2n) is 3.29. The van der Waals surface area contributed by atoms with Crippen LogP contribution in [0.4, 0.5) is 0 Å². The van der Waals surface area contributed by atoms with E-state index in [9.17, 15) is 15.3 Å². The minimum Gasteiger partial charge on any atom is -0.388 e. The molecule has 0 saturated carbocycles. The van der Waals surface area contributed by atoms with Gasteiger partial charge in [-0.25, -0.2) is 0 Å². The zero-order valence-electron chi connectivity index (χ0n) is 8.06. The van der Waals surface area contributed by atoms with E-state index in [1.165, 1.54) is 0 Å². The molecule has 0 aromatic rings. The van der Waals surface area contributed by atoms with Gasteiger partial charge in [-0.05, 0) is 0 Å². The molecule has 1 saturated heterocycles. The Morgan fingerprint density at radius 2 is 1.73 bits per heavy atom. The third-order valence-corrected chi connectivity index (χ3v) is 2.76. The first-order valence-corrected chi connectivity index (χ1v) is 5.91. The molecule has 0 aromatic heterocycles. The van der Waals surface area contributed by atoms with E-state index in [1.807, 2.05) is 0 Å². The minimum atomic E-state index is -1.28. The lowest BCUT2D eigenvalue weighted by molar-refractivity contribution is -0.290. The van der Waals surface area contributed by atoms with Gasteiger partial charge in [0.05, 0.1) is 12.7 Å². The third kappa shape index (κ3) is 3.23. The van der Waals surface area contributed by atoms with E-state index in [2.05, 4.69) is 25.3 Å². The first-order chi connectivity index (χ1) is 7.11. The van der Waals surface area contributed by atoms with E-state index < -0.39 is 30.7 Å². The summed E-state index contributed by atoms with van der Waals surface area (Å²) in [6.07, 6.45) is -5.26. The average Bonchev–Trinajstić information content (AvgIpc) is 2.25. The molecular formula is C8H16O5S2. The van der Waals surface area contributed by atoms with Gasteiger partial charge >= 0.3 is 0 Å². The van der Waals surface area contributed by atoms with E-state index in [1.54, 1.807) is 0 Å². The summed E-state index contributed by atoms with van der Waals surface area (Å²) in [6.45, 7) is 0.299. The number of rotatable bonds is 4. The smallest absolute Gasteiger partial charge is 0.186 e. The predicted octanol–water partition coefficient (Wildman–Crippen LogP) is -1.33. The highest BCUT2D eigenvalue weighted by Gasteiger charge is 2.43. The van der Waals surface area contributed by atoms with Crippen LogP contribution < -0.4 is 0 Å². The van der Waals surface area contributed by atoms with Crippen LogP contribution in [0.5, 0.6) is 0 Å². The molecule has 0 amide bonds. The van der Waals surface area contributed by atoms with Crippen LogP contribution >= 0.6 is 25.3 Å². The largest absolute Gasteiger partial charge is 0.388 e. The van der Waals surface area contributed by atoms with Crippen molar-refractivity contribution in [3.63, 3.8) is 0 Å². The maximum Gasteiger partial charge on any atom is 0.186 e. The van der Waals surface area contributed by atoms with Crippen LogP contribution in [-0.2, 0) is 9.47 Å². The summed E-state index contributed by atoms with van der Waals surface area (Å²) in [4.78, 5) is 0. The molecule has 5 nitrogen and oxygen atoms in total. The van der Waals surface area contributed by atoms with Gasteiger partial charge in [0, 0.05) is 11.5 Å². The fourth-order valence-electron chi connectivity index (χ4n) is 1.37. The standard InChI is InChI=1S/C8H16O5S2/c9-5-4(3-15)13-8(12-1-2-14)7(11)6(5)10/h4-11,14-15H,1-3H2/t4?,5-,6?,7-,8+/m0/s1. The average molecular weight is 256 g/mol. The Morgan fingerprint density at radius 3 is 2.27 bits per heavy atom. The topological polar surface area (TPSA) is 79.2 Å². The van der Waals surface area contributed by atoms with Gasteiger partial charge in [-0.1, -0.05) is 0 Å². The molecule has 0 spiro atoms. The monoisotopic (exact) mass is 256 g/mol. The normalized spacial score (nSPS) is 41.8. The quantitative estimate of drug-likeness (QED) is 0.403. The van der Waals surface area contributed by atoms with E-state index in [-0.39, 0.29) is 5.75 Å². The van der Waals surface area contributed by atoms with Crippen molar-refractivity contribution in [1.82, 2.24) is 0 Å². The van der Waals surface area contributed by atoms with Gasteiger partial charge in [0.1, 0.15) is 18.3 Å². The number of aliphatic hydroxyl groups excluding tert-OH is 3. The molecule has 0 radical (unpaired) electrons. The SMILES string of the molecule is OC1[C@@H](O)C(CS)O[C@@H](OCCS)[C@H]1O. The van der Waals surface area contributed by atoms with Crippen molar-refractivity contribution in [3.8, 4) is 0 Å². The highest BCUT2D eigenvalue weighted by Crippen LogP contribution is 2.22. The number of ether oxygens (including phenoxy) is 2. The summed E-state index contributed by atoms with van der Waals surface area (Å²) in [5, 5.41) is 28.5. The van der Waals surface area contributed by atoms with Crippen LogP contribution in [0.15, 0.2) is 0 Å². The zero-order chi connectivity index (χ0) is 11.4. The molecule has 2 unspecified atom stereocenters. The van der Waals surface area contributed by atoms with Crippen LogP contribution in [-0.4, -0.2) is 64.1 Å². The Bertz CT molecular complexity index is 192. The van der Waals surface area contributed by atoms with E-state index >= 15 is 0 Å². The molecule has 1 aliphatic rings. The van der Waals surface area contributed by atoms with Crippen LogP contribution in [0.1, 0.15) is 0 Å². The minimum absolute atomic E-state index is 0.242. The first kappa shape index (κ1) is 13.6.